The van der Waals surface area contributed by atoms with Crippen molar-refractivity contribution >= 4 is 16.2 Å². The highest BCUT2D eigenvalue weighted by molar-refractivity contribution is 7.87. The number of hydrogen-bond acceptors (Lipinski definition) is 7. The number of carbonyl (C=O) groups is 1. The lowest BCUT2D eigenvalue weighted by Gasteiger charge is -2.21. The van der Waals surface area contributed by atoms with Crippen LogP contribution in [0.3, 0.4) is 0 Å². The van der Waals surface area contributed by atoms with E-state index in [1.807, 2.05) is 12.1 Å². The molecule has 0 N–H and O–H groups in total. The van der Waals surface area contributed by atoms with Gasteiger partial charge in [-0.25, -0.2) is 4.79 Å². The van der Waals surface area contributed by atoms with E-state index in [0.717, 1.165) is 7.11 Å². The maximum Gasteiger partial charge on any atom is 0.410 e. The van der Waals surface area contributed by atoms with Gasteiger partial charge in [0.25, 0.3) is 10.1 Å². The predicted octanol–water partition coefficient (Wildman–Crippen LogP) is 2.61. The van der Waals surface area contributed by atoms with Gasteiger partial charge in [0.2, 0.25) is 0 Å². The van der Waals surface area contributed by atoms with Crippen LogP contribution in [0, 0.1) is 0 Å². The molecule has 9 heteroatoms. The highest BCUT2D eigenvalue weighted by atomic mass is 32.2. The Labute approximate surface area is 170 Å². The summed E-state index contributed by atoms with van der Waals surface area (Å²) in [6.07, 6.45) is -1.48. The second kappa shape index (κ2) is 9.15. The van der Waals surface area contributed by atoms with Gasteiger partial charge in [-0.05, 0) is 17.7 Å². The first-order valence-corrected chi connectivity index (χ1v) is 10.5. The average molecular weight is 421 g/mol. The fraction of sp³-hybridized carbons (Fsp3) is 0.350. The molecule has 3 rings (SSSR count). The number of cyclic esters (lactones) is 1. The van der Waals surface area contributed by atoms with Crippen molar-refractivity contribution < 1.29 is 31.6 Å². The molecular weight excluding hydrogens is 398 g/mol. The first-order valence-electron chi connectivity index (χ1n) is 9.02. The van der Waals surface area contributed by atoms with Crippen LogP contribution in [-0.2, 0) is 19.0 Å². The van der Waals surface area contributed by atoms with E-state index in [4.69, 9.17) is 18.4 Å². The molecule has 2 aromatic rings. The second-order valence-corrected chi connectivity index (χ2v) is 8.19. The zero-order chi connectivity index (χ0) is 20.9. The van der Waals surface area contributed by atoms with E-state index in [1.165, 1.54) is 4.90 Å². The summed E-state index contributed by atoms with van der Waals surface area (Å²) in [4.78, 5) is 13.7. The summed E-state index contributed by atoms with van der Waals surface area (Å²) in [6.45, 7) is 0.549. The minimum absolute atomic E-state index is 0.107. The normalized spacial score (nSPS) is 17.7. The molecule has 29 heavy (non-hydrogen) atoms. The summed E-state index contributed by atoms with van der Waals surface area (Å²) >= 11 is 0. The zero-order valence-corrected chi connectivity index (χ0v) is 17.0. The van der Waals surface area contributed by atoms with Gasteiger partial charge in [-0.1, -0.05) is 42.5 Å². The van der Waals surface area contributed by atoms with Crippen molar-refractivity contribution in [3.05, 3.63) is 60.2 Å². The monoisotopic (exact) mass is 421 g/mol. The Hall–Kier alpha value is -2.78. The number of hydrogen-bond donors (Lipinski definition) is 0. The van der Waals surface area contributed by atoms with Gasteiger partial charge < -0.3 is 19.1 Å². The first kappa shape index (κ1) is 20.9. The lowest BCUT2D eigenvalue weighted by atomic mass is 10.1. The van der Waals surface area contributed by atoms with E-state index in [-0.39, 0.29) is 19.7 Å². The SMILES string of the molecule is COc1ccccc1OCCN1CC([C@H](c2ccccc2)S(=O)(=O)OC)OC1=O. The summed E-state index contributed by atoms with van der Waals surface area (Å²) in [5.74, 6) is 1.15. The maximum absolute atomic E-state index is 12.5. The number of methoxy groups -OCH3 is 1. The number of ether oxygens (including phenoxy) is 3. The van der Waals surface area contributed by atoms with Crippen LogP contribution < -0.4 is 9.47 Å². The van der Waals surface area contributed by atoms with Crippen molar-refractivity contribution in [2.24, 2.45) is 0 Å². The molecule has 0 spiro atoms. The molecule has 0 bridgehead atoms. The molecule has 2 aromatic carbocycles. The van der Waals surface area contributed by atoms with Crippen LogP contribution in [0.25, 0.3) is 0 Å². The molecule has 1 fully saturated rings. The molecule has 0 radical (unpaired) electrons. The fourth-order valence-electron chi connectivity index (χ4n) is 3.19. The van der Waals surface area contributed by atoms with Crippen LogP contribution in [-0.4, -0.2) is 59.4 Å². The number of nitrogens with zero attached hydrogens (tertiary/aromatic N) is 1. The fourth-order valence-corrected chi connectivity index (χ4v) is 4.40. The Morgan fingerprint density at radius 2 is 1.72 bits per heavy atom. The summed E-state index contributed by atoms with van der Waals surface area (Å²) in [5, 5.41) is -1.11. The topological polar surface area (TPSA) is 91.4 Å². The van der Waals surface area contributed by atoms with Gasteiger partial charge in [-0.3, -0.25) is 4.18 Å². The van der Waals surface area contributed by atoms with Crippen LogP contribution in [0.4, 0.5) is 4.79 Å². The van der Waals surface area contributed by atoms with E-state index in [9.17, 15) is 13.2 Å². The van der Waals surface area contributed by atoms with Crippen molar-refractivity contribution in [1.82, 2.24) is 4.90 Å². The summed E-state index contributed by atoms with van der Waals surface area (Å²) in [5.41, 5.74) is 0.499. The quantitative estimate of drug-likeness (QED) is 0.575. The van der Waals surface area contributed by atoms with Gasteiger partial charge >= 0.3 is 6.09 Å². The van der Waals surface area contributed by atoms with E-state index >= 15 is 0 Å². The van der Waals surface area contributed by atoms with E-state index < -0.39 is 27.6 Å². The Kier molecular flexibility index (Phi) is 6.60. The molecular formula is C20H23NO7S. The third-order valence-corrected chi connectivity index (χ3v) is 6.27. The van der Waals surface area contributed by atoms with Crippen LogP contribution in [0.5, 0.6) is 11.5 Å². The zero-order valence-electron chi connectivity index (χ0n) is 16.2. The smallest absolute Gasteiger partial charge is 0.410 e. The Morgan fingerprint density at radius 1 is 1.07 bits per heavy atom. The molecule has 8 nitrogen and oxygen atoms in total. The van der Waals surface area contributed by atoms with E-state index in [2.05, 4.69) is 0 Å². The number of amides is 1. The Bertz CT molecular complexity index is 933. The highest BCUT2D eigenvalue weighted by Crippen LogP contribution is 2.33. The second-order valence-electron chi connectivity index (χ2n) is 6.36. The van der Waals surface area contributed by atoms with E-state index in [1.54, 1.807) is 49.6 Å². The first-order chi connectivity index (χ1) is 14.0. The Morgan fingerprint density at radius 3 is 2.38 bits per heavy atom. The minimum atomic E-state index is -3.97. The van der Waals surface area contributed by atoms with Crippen molar-refractivity contribution in [2.75, 3.05) is 33.9 Å². The van der Waals surface area contributed by atoms with Crippen molar-refractivity contribution in [3.8, 4) is 11.5 Å². The summed E-state index contributed by atoms with van der Waals surface area (Å²) in [7, 11) is -1.32. The molecule has 156 valence electrons. The molecule has 1 saturated heterocycles. The molecule has 1 heterocycles. The van der Waals surface area contributed by atoms with Crippen LogP contribution >= 0.6 is 0 Å². The molecule has 0 saturated carbocycles. The molecule has 1 aliphatic heterocycles. The van der Waals surface area contributed by atoms with Crippen molar-refractivity contribution in [3.63, 3.8) is 0 Å². The van der Waals surface area contributed by atoms with Gasteiger partial charge in [-0.15, -0.1) is 0 Å². The largest absolute Gasteiger partial charge is 0.493 e. The minimum Gasteiger partial charge on any atom is -0.493 e. The van der Waals surface area contributed by atoms with Gasteiger partial charge in [0.1, 0.15) is 12.7 Å². The summed E-state index contributed by atoms with van der Waals surface area (Å²) in [6, 6.07) is 15.8. The molecule has 1 amide bonds. The third kappa shape index (κ3) is 4.80. The molecule has 0 aliphatic carbocycles. The Balaban J connectivity index is 1.68. The van der Waals surface area contributed by atoms with E-state index in [0.29, 0.717) is 17.1 Å². The predicted molar refractivity (Wildman–Crippen MR) is 105 cm³/mol. The molecule has 2 atom stereocenters. The lowest BCUT2D eigenvalue weighted by molar-refractivity contribution is 0.127. The van der Waals surface area contributed by atoms with Crippen LogP contribution in [0.2, 0.25) is 0 Å². The van der Waals surface area contributed by atoms with Crippen molar-refractivity contribution in [2.45, 2.75) is 11.4 Å². The molecule has 0 aromatic heterocycles. The molecule has 1 unspecified atom stereocenters. The van der Waals surface area contributed by atoms with Crippen molar-refractivity contribution in [1.29, 1.82) is 0 Å². The number of carbonyl (C=O) groups excluding carboxylic acids is 1. The third-order valence-electron chi connectivity index (χ3n) is 4.61. The summed E-state index contributed by atoms with van der Waals surface area (Å²) < 4.78 is 46.0. The van der Waals surface area contributed by atoms with Gasteiger partial charge in [-0.2, -0.15) is 8.42 Å². The standard InChI is InChI=1S/C20H23NO7S/c1-25-16-10-6-7-11-17(16)27-13-12-21-14-18(28-20(21)22)19(29(23,24)26-2)15-8-4-3-5-9-15/h3-11,18-19H,12-14H2,1-2H3/t18?,19-/m0/s1. The highest BCUT2D eigenvalue weighted by Gasteiger charge is 2.44. The number of rotatable bonds is 9. The van der Waals surface area contributed by atoms with Gasteiger partial charge in [0.05, 0.1) is 27.3 Å². The number of para-hydroxylation sites is 2. The van der Waals surface area contributed by atoms with Gasteiger partial charge in [0, 0.05) is 0 Å². The van der Waals surface area contributed by atoms with Crippen LogP contribution in [0.1, 0.15) is 10.8 Å². The van der Waals surface area contributed by atoms with Crippen LogP contribution in [0.15, 0.2) is 54.6 Å². The number of benzene rings is 2. The van der Waals surface area contributed by atoms with Gasteiger partial charge in [0.15, 0.2) is 16.7 Å². The maximum atomic E-state index is 12.5. The lowest BCUT2D eigenvalue weighted by Crippen LogP contribution is -2.33. The molecule has 1 aliphatic rings. The average Bonchev–Trinajstić information content (AvgIpc) is 3.09.